The first-order chi connectivity index (χ1) is 15.7. The number of carbonyl (C=O) groups excluding carboxylic acids is 1. The molecule has 0 spiro atoms. The van der Waals surface area contributed by atoms with Crippen LogP contribution in [0.25, 0.3) is 0 Å². The van der Waals surface area contributed by atoms with E-state index in [0.29, 0.717) is 17.9 Å². The molecule has 7 nitrogen and oxygen atoms in total. The molecule has 10 heteroatoms. The van der Waals surface area contributed by atoms with Crippen LogP contribution in [0.5, 0.6) is 11.5 Å². The van der Waals surface area contributed by atoms with Crippen molar-refractivity contribution in [3.05, 3.63) is 83.4 Å². The zero-order chi connectivity index (χ0) is 24.0. The smallest absolute Gasteiger partial charge is 0.255 e. The van der Waals surface area contributed by atoms with E-state index in [-0.39, 0.29) is 22.7 Å². The minimum Gasteiger partial charge on any atom is -0.493 e. The third-order valence-electron chi connectivity index (χ3n) is 4.76. The quantitative estimate of drug-likeness (QED) is 0.491. The number of hydrogen-bond acceptors (Lipinski definition) is 5. The molecule has 33 heavy (non-hydrogen) atoms. The predicted octanol–water partition coefficient (Wildman–Crippen LogP) is 3.76. The fraction of sp³-hybridized carbons (Fsp3) is 0.174. The van der Waals surface area contributed by atoms with Crippen molar-refractivity contribution in [3.63, 3.8) is 0 Å². The Kier molecular flexibility index (Phi) is 7.62. The van der Waals surface area contributed by atoms with Crippen LogP contribution >= 0.6 is 0 Å². The molecule has 0 saturated heterocycles. The number of rotatable bonds is 9. The zero-order valence-corrected chi connectivity index (χ0v) is 18.7. The van der Waals surface area contributed by atoms with Gasteiger partial charge in [0.05, 0.1) is 24.8 Å². The van der Waals surface area contributed by atoms with Crippen molar-refractivity contribution in [2.45, 2.75) is 11.3 Å². The number of halogens is 2. The maximum Gasteiger partial charge on any atom is 0.255 e. The number of nitrogens with one attached hydrogen (secondary N) is 2. The number of sulfonamides is 1. The lowest BCUT2D eigenvalue weighted by Crippen LogP contribution is -2.26. The third-order valence-corrected chi connectivity index (χ3v) is 6.22. The number of anilines is 1. The number of carbonyl (C=O) groups is 1. The molecule has 2 N–H and O–H groups in total. The molecule has 0 aliphatic rings. The highest BCUT2D eigenvalue weighted by atomic mass is 32.2. The lowest BCUT2D eigenvalue weighted by Gasteiger charge is -2.11. The summed E-state index contributed by atoms with van der Waals surface area (Å²) in [6, 6.07) is 13.1. The number of ether oxygens (including phenoxy) is 2. The van der Waals surface area contributed by atoms with Crippen LogP contribution in [0, 0.1) is 11.6 Å². The minimum atomic E-state index is -3.98. The van der Waals surface area contributed by atoms with E-state index in [0.717, 1.165) is 29.8 Å². The SMILES string of the molecule is COc1ccc(CCNS(=O)(=O)c2ccc(NC(=O)c3ccc(F)cc3)c(F)c2)cc1OC. The van der Waals surface area contributed by atoms with Crippen LogP contribution in [0.3, 0.4) is 0 Å². The summed E-state index contributed by atoms with van der Waals surface area (Å²) in [4.78, 5) is 11.9. The van der Waals surface area contributed by atoms with Crippen molar-refractivity contribution in [1.29, 1.82) is 0 Å². The molecule has 0 fully saturated rings. The monoisotopic (exact) mass is 476 g/mol. The highest BCUT2D eigenvalue weighted by Crippen LogP contribution is 2.27. The van der Waals surface area contributed by atoms with E-state index >= 15 is 0 Å². The van der Waals surface area contributed by atoms with Gasteiger partial charge in [0.2, 0.25) is 10.0 Å². The molecule has 0 aliphatic carbocycles. The fourth-order valence-corrected chi connectivity index (χ4v) is 4.05. The van der Waals surface area contributed by atoms with E-state index in [4.69, 9.17) is 9.47 Å². The van der Waals surface area contributed by atoms with Gasteiger partial charge in [-0.05, 0) is 66.6 Å². The van der Waals surface area contributed by atoms with Crippen LogP contribution in [-0.2, 0) is 16.4 Å². The standard InChI is InChI=1S/C23H22F2N2O5S/c1-31-21-10-3-15(13-22(21)32-2)11-12-26-33(29,30)18-8-9-20(19(25)14-18)27-23(28)16-4-6-17(24)7-5-16/h3-10,13-14,26H,11-12H2,1-2H3,(H,27,28). The van der Waals surface area contributed by atoms with E-state index in [1.165, 1.54) is 32.4 Å². The Bertz CT molecular complexity index is 1250. The molecule has 3 rings (SSSR count). The molecule has 0 bridgehead atoms. The highest BCUT2D eigenvalue weighted by Gasteiger charge is 2.17. The van der Waals surface area contributed by atoms with Gasteiger partial charge >= 0.3 is 0 Å². The van der Waals surface area contributed by atoms with Crippen LogP contribution in [0.15, 0.2) is 65.6 Å². The Hall–Kier alpha value is -3.50. The van der Waals surface area contributed by atoms with Crippen LogP contribution < -0.4 is 19.5 Å². The van der Waals surface area contributed by atoms with E-state index in [9.17, 15) is 22.0 Å². The molecular weight excluding hydrogens is 454 g/mol. The Morgan fingerprint density at radius 3 is 2.24 bits per heavy atom. The van der Waals surface area contributed by atoms with E-state index in [1.807, 2.05) is 0 Å². The third kappa shape index (κ3) is 6.05. The van der Waals surface area contributed by atoms with Crippen LogP contribution in [0.1, 0.15) is 15.9 Å². The maximum absolute atomic E-state index is 14.5. The van der Waals surface area contributed by atoms with Crippen molar-refractivity contribution in [2.24, 2.45) is 0 Å². The van der Waals surface area contributed by atoms with Crippen LogP contribution in [0.2, 0.25) is 0 Å². The molecule has 3 aromatic rings. The zero-order valence-electron chi connectivity index (χ0n) is 17.9. The first kappa shape index (κ1) is 24.1. The summed E-state index contributed by atoms with van der Waals surface area (Å²) in [5.74, 6) is -1.00. The summed E-state index contributed by atoms with van der Waals surface area (Å²) < 4.78 is 65.3. The van der Waals surface area contributed by atoms with Gasteiger partial charge in [0.1, 0.15) is 11.6 Å². The Balaban J connectivity index is 1.64. The van der Waals surface area contributed by atoms with Gasteiger partial charge in [-0.2, -0.15) is 0 Å². The van der Waals surface area contributed by atoms with Gasteiger partial charge < -0.3 is 14.8 Å². The van der Waals surface area contributed by atoms with Crippen molar-refractivity contribution in [2.75, 3.05) is 26.1 Å². The maximum atomic E-state index is 14.5. The molecule has 0 aliphatic heterocycles. The van der Waals surface area contributed by atoms with Crippen LogP contribution in [-0.4, -0.2) is 35.1 Å². The molecule has 3 aromatic carbocycles. The van der Waals surface area contributed by atoms with Crippen molar-refractivity contribution < 1.29 is 31.5 Å². The first-order valence-electron chi connectivity index (χ1n) is 9.80. The van der Waals surface area contributed by atoms with Gasteiger partial charge in [-0.25, -0.2) is 21.9 Å². The summed E-state index contributed by atoms with van der Waals surface area (Å²) in [7, 11) is -0.961. The average Bonchev–Trinajstić information content (AvgIpc) is 2.80. The minimum absolute atomic E-state index is 0.0719. The number of amides is 1. The van der Waals surface area contributed by atoms with E-state index < -0.39 is 27.6 Å². The molecule has 1 amide bonds. The number of benzene rings is 3. The summed E-state index contributed by atoms with van der Waals surface area (Å²) in [6.45, 7) is 0.0719. The van der Waals surface area contributed by atoms with E-state index in [1.54, 1.807) is 18.2 Å². The fourth-order valence-electron chi connectivity index (χ4n) is 3.01. The average molecular weight is 477 g/mol. The van der Waals surface area contributed by atoms with Gasteiger partial charge in [-0.15, -0.1) is 0 Å². The predicted molar refractivity (Wildman–Crippen MR) is 119 cm³/mol. The number of hydrogen-bond donors (Lipinski definition) is 2. The van der Waals surface area contributed by atoms with Gasteiger partial charge in [-0.1, -0.05) is 6.07 Å². The van der Waals surface area contributed by atoms with Gasteiger partial charge in [-0.3, -0.25) is 4.79 Å². The summed E-state index contributed by atoms with van der Waals surface area (Å²) in [5.41, 5.74) is 0.748. The topological polar surface area (TPSA) is 93.7 Å². The van der Waals surface area contributed by atoms with E-state index in [2.05, 4.69) is 10.0 Å². The Morgan fingerprint density at radius 2 is 1.61 bits per heavy atom. The second-order valence-electron chi connectivity index (χ2n) is 6.94. The number of methoxy groups -OCH3 is 2. The van der Waals surface area contributed by atoms with Gasteiger partial charge in [0.15, 0.2) is 11.5 Å². The second-order valence-corrected chi connectivity index (χ2v) is 8.71. The highest BCUT2D eigenvalue weighted by molar-refractivity contribution is 7.89. The molecule has 0 atom stereocenters. The lowest BCUT2D eigenvalue weighted by atomic mass is 10.1. The molecule has 0 radical (unpaired) electrons. The largest absolute Gasteiger partial charge is 0.493 e. The summed E-state index contributed by atoms with van der Waals surface area (Å²) in [6.07, 6.45) is 0.369. The van der Waals surface area contributed by atoms with Crippen molar-refractivity contribution >= 4 is 21.6 Å². The van der Waals surface area contributed by atoms with Gasteiger partial charge in [0.25, 0.3) is 5.91 Å². The molecule has 0 unspecified atom stereocenters. The van der Waals surface area contributed by atoms with Crippen molar-refractivity contribution in [3.8, 4) is 11.5 Å². The van der Waals surface area contributed by atoms with Crippen LogP contribution in [0.4, 0.5) is 14.5 Å². The Morgan fingerprint density at radius 1 is 0.909 bits per heavy atom. The molecule has 174 valence electrons. The second kappa shape index (κ2) is 10.4. The first-order valence-corrected chi connectivity index (χ1v) is 11.3. The molecule has 0 heterocycles. The molecule has 0 saturated carbocycles. The molecule has 0 aromatic heterocycles. The lowest BCUT2D eigenvalue weighted by molar-refractivity contribution is 0.102. The Labute approximate surface area is 190 Å². The summed E-state index contributed by atoms with van der Waals surface area (Å²) >= 11 is 0. The normalized spacial score (nSPS) is 11.2. The summed E-state index contributed by atoms with van der Waals surface area (Å²) in [5, 5.41) is 2.34. The van der Waals surface area contributed by atoms with Crippen molar-refractivity contribution in [1.82, 2.24) is 4.72 Å². The molecular formula is C23H22F2N2O5S. The van der Waals surface area contributed by atoms with Gasteiger partial charge in [0, 0.05) is 12.1 Å².